The summed E-state index contributed by atoms with van der Waals surface area (Å²) < 4.78 is 3.75. The van der Waals surface area contributed by atoms with Gasteiger partial charge in [-0.2, -0.15) is 0 Å². The Morgan fingerprint density at radius 2 is 1.16 bits per heavy atom. The molecule has 0 unspecified atom stereocenters. The fourth-order valence-corrected chi connectivity index (χ4v) is 5.70. The van der Waals surface area contributed by atoms with Crippen molar-refractivity contribution in [2.24, 2.45) is 5.11 Å². The summed E-state index contributed by atoms with van der Waals surface area (Å²) in [5.74, 6) is 2.57. The van der Waals surface area contributed by atoms with Crippen LogP contribution < -0.4 is 0 Å². The number of halogens is 5. The maximum Gasteiger partial charge on any atom is 0.115 e. The predicted molar refractivity (Wildman–Crippen MR) is 317 cm³/mol. The molecule has 0 saturated heterocycles. The third-order valence-corrected chi connectivity index (χ3v) is 8.52. The van der Waals surface area contributed by atoms with Gasteiger partial charge in [0.15, 0.2) is 0 Å². The Labute approximate surface area is 495 Å². The first-order valence-corrected chi connectivity index (χ1v) is 30.4. The summed E-state index contributed by atoms with van der Waals surface area (Å²) >= 11 is 11.2. The van der Waals surface area contributed by atoms with Crippen molar-refractivity contribution in [3.8, 4) is 74.1 Å². The Hall–Kier alpha value is -3.56. The van der Waals surface area contributed by atoms with Crippen LogP contribution in [0.1, 0.15) is 19.4 Å². The summed E-state index contributed by atoms with van der Waals surface area (Å²) in [7, 11) is 0. The number of nitrogens with zero attached hydrogens (tertiary/aromatic N) is 10. The third-order valence-electron chi connectivity index (χ3n) is 8.52. The fourth-order valence-electron chi connectivity index (χ4n) is 5.70. The second kappa shape index (κ2) is 36.4. The van der Waals surface area contributed by atoms with E-state index in [1.165, 1.54) is 4.43 Å². The Morgan fingerprint density at radius 3 is 1.68 bits per heavy atom. The van der Waals surface area contributed by atoms with Crippen LogP contribution in [0.3, 0.4) is 0 Å². The van der Waals surface area contributed by atoms with Crippen molar-refractivity contribution in [2.45, 2.75) is 15.8 Å². The van der Waals surface area contributed by atoms with Gasteiger partial charge >= 0.3 is 0 Å². The molecule has 9 rings (SSSR count). The Bertz CT molecular complexity index is 2810. The van der Waals surface area contributed by atoms with Crippen LogP contribution in [0.5, 0.6) is 0 Å². The quantitative estimate of drug-likeness (QED) is 0.0297. The molecule has 0 aliphatic rings. The van der Waals surface area contributed by atoms with Crippen molar-refractivity contribution in [3.05, 3.63) is 217 Å². The zero-order valence-electron chi connectivity index (χ0n) is 36.8. The van der Waals surface area contributed by atoms with Gasteiger partial charge in [0, 0.05) is 142 Å². The molecule has 4 aromatic carbocycles. The number of rotatable bonds is 7. The molecule has 17 heteroatoms. The van der Waals surface area contributed by atoms with Crippen LogP contribution in [0.15, 0.2) is 194 Å². The molecule has 9 aromatic rings. The van der Waals surface area contributed by atoms with Crippen LogP contribution in [0.25, 0.3) is 72.2 Å². The molecule has 0 fully saturated rings. The molecule has 354 valence electrons. The van der Waals surface area contributed by atoms with E-state index in [0.29, 0.717) is 5.69 Å². The summed E-state index contributed by atoms with van der Waals surface area (Å²) in [5, 5.41) is 12.2. The number of hydrogen-bond acceptors (Lipinski definition) is 7. The minimum atomic E-state index is 0. The van der Waals surface area contributed by atoms with Gasteiger partial charge in [-0.1, -0.05) is 176 Å². The fraction of sp³-hybridized carbons (Fsp3) is 0.0769. The first-order valence-electron chi connectivity index (χ1n) is 20.1. The van der Waals surface area contributed by atoms with E-state index in [-0.39, 0.29) is 40.2 Å². The van der Waals surface area contributed by atoms with E-state index in [9.17, 15) is 0 Å². The van der Waals surface area contributed by atoms with E-state index in [0.717, 1.165) is 69.2 Å². The largest absolute Gasteiger partial charge is 0.305 e. The van der Waals surface area contributed by atoms with Gasteiger partial charge in [-0.3, -0.25) is 9.97 Å². The summed E-state index contributed by atoms with van der Waals surface area (Å²) in [5.41, 5.74) is 20.0. The Balaban J connectivity index is 0.000000347. The molecular formula is C52H41I5Ir2N10-2. The molecule has 0 aliphatic carbocycles. The molecule has 10 nitrogen and oxygen atoms in total. The Morgan fingerprint density at radius 1 is 0.667 bits per heavy atom. The normalized spacial score (nSPS) is 9.32. The molecule has 0 atom stereocenters. The van der Waals surface area contributed by atoms with Crippen LogP contribution in [0.2, 0.25) is 0 Å². The van der Waals surface area contributed by atoms with Gasteiger partial charge in [0.25, 0.3) is 0 Å². The average Bonchev–Trinajstić information content (AvgIpc) is 3.90. The van der Waals surface area contributed by atoms with Gasteiger partial charge in [-0.05, 0) is 75.0 Å². The van der Waals surface area contributed by atoms with Crippen molar-refractivity contribution >= 4 is 111 Å². The number of alkyl halides is 3. The van der Waals surface area contributed by atoms with Crippen LogP contribution in [-0.4, -0.2) is 41.3 Å². The van der Waals surface area contributed by atoms with Crippen LogP contribution in [0.4, 0.5) is 5.69 Å². The molecule has 69 heavy (non-hydrogen) atoms. The van der Waals surface area contributed by atoms with Gasteiger partial charge in [-0.25, -0.2) is 4.68 Å². The molecule has 5 aromatic heterocycles. The van der Waals surface area contributed by atoms with Crippen LogP contribution >= 0.6 is 105 Å². The second-order valence-electron chi connectivity index (χ2n) is 13.2. The summed E-state index contributed by atoms with van der Waals surface area (Å²) in [6.07, 6.45) is 17.9. The van der Waals surface area contributed by atoms with Gasteiger partial charge in [0.2, 0.25) is 0 Å². The Kier molecular flexibility index (Phi) is 32.4. The molecular weight excluding hydrogens is 1780 g/mol. The number of benzene rings is 4. The molecule has 0 amide bonds. The van der Waals surface area contributed by atoms with Gasteiger partial charge in [-0.15, -0.1) is 71.2 Å². The minimum absolute atomic E-state index is 0. The molecule has 0 saturated carbocycles. The predicted octanol–water partition coefficient (Wildman–Crippen LogP) is 16.5. The number of hydrogen-bond donors (Lipinski definition) is 0. The SMILES string of the molecule is C#Cc1cncc(-c2ccccc2)c1.CC(I)I.CCI.II.[Ir].[Ir].[N-]=[N+]=Nc1cc[c-]c(-c2ccccn2)c1.[c-]1ccc(-n2cc(-c3cncc(-c4ccccc4)c3)nn2)cc1-c1ccccn1. The van der Waals surface area contributed by atoms with Gasteiger partial charge < -0.3 is 9.97 Å². The van der Waals surface area contributed by atoms with E-state index in [1.54, 1.807) is 47.7 Å². The topological polar surface area (TPSA) is 131 Å². The van der Waals surface area contributed by atoms with Gasteiger partial charge in [0.1, 0.15) is 5.69 Å². The molecule has 0 aliphatic heterocycles. The summed E-state index contributed by atoms with van der Waals surface area (Å²) in [6.45, 7) is 4.25. The third kappa shape index (κ3) is 22.2. The van der Waals surface area contributed by atoms with E-state index >= 15 is 0 Å². The minimum Gasteiger partial charge on any atom is -0.305 e. The number of aromatic nitrogens is 7. The summed E-state index contributed by atoms with van der Waals surface area (Å²) in [6, 6.07) is 53.0. The molecule has 2 radical (unpaired) electrons. The van der Waals surface area contributed by atoms with Crippen molar-refractivity contribution in [2.75, 3.05) is 4.43 Å². The van der Waals surface area contributed by atoms with Crippen molar-refractivity contribution in [3.63, 3.8) is 0 Å². The number of azide groups is 1. The van der Waals surface area contributed by atoms with E-state index in [4.69, 9.17) is 12.0 Å². The first kappa shape index (κ1) is 61.6. The average molecular weight is 1820 g/mol. The second-order valence-corrected chi connectivity index (χ2v) is 20.8. The number of terminal acetylenes is 1. The van der Waals surface area contributed by atoms with E-state index < -0.39 is 0 Å². The first-order chi connectivity index (χ1) is 32.8. The summed E-state index contributed by atoms with van der Waals surface area (Å²) in [4.78, 5) is 19.8. The standard InChI is InChI=1S/C24H16N5.C13H9N.C11H7N4.C2H4I2.C2H5I.I2.2Ir/c1-2-7-18(8-3-1)20-13-21(16-25-15-20)24-17-29(28-27-24)22-10-6-9-19(14-22)23-11-4-5-12-26-23;1-2-11-8-13(10-14-9-11)12-6-4-3-5-7-12;12-15-14-10-5-3-4-9(8-10)11-6-1-2-7-13-11;1-2(3)4;1-2-3;1-2;;/h1-8,10-17H;1,3-10H;1-3,5-8H;2H,1H3;2H2,1H3;;;/q-1;;-1;;;;;. The van der Waals surface area contributed by atoms with Crippen molar-refractivity contribution in [1.29, 1.82) is 0 Å². The van der Waals surface area contributed by atoms with E-state index in [1.807, 2.05) is 128 Å². The monoisotopic (exact) mass is 1830 g/mol. The van der Waals surface area contributed by atoms with Crippen LogP contribution in [0, 0.1) is 24.5 Å². The molecule has 0 spiro atoms. The zero-order valence-corrected chi connectivity index (χ0v) is 52.4. The van der Waals surface area contributed by atoms with Crippen molar-refractivity contribution in [1.82, 2.24) is 34.9 Å². The van der Waals surface area contributed by atoms with E-state index in [2.05, 4.69) is 195 Å². The van der Waals surface area contributed by atoms with Crippen LogP contribution in [-0.2, 0) is 40.2 Å². The smallest absolute Gasteiger partial charge is 0.115 e. The van der Waals surface area contributed by atoms with Gasteiger partial charge in [0.05, 0.1) is 8.13 Å². The van der Waals surface area contributed by atoms with Crippen molar-refractivity contribution < 1.29 is 40.2 Å². The molecule has 5 heterocycles. The maximum atomic E-state index is 8.31. The maximum absolute atomic E-state index is 8.31. The molecule has 0 N–H and O–H groups in total. The molecule has 0 bridgehead atoms. The zero-order chi connectivity index (χ0) is 48.1. The number of pyridine rings is 4.